The number of likely N-dealkylation sites (tertiary alicyclic amines) is 2. The van der Waals surface area contributed by atoms with E-state index in [9.17, 15) is 18.0 Å². The number of nitrogens with zero attached hydrogens (tertiary/aromatic N) is 2. The molecular weight excluding hydrogens is 429 g/mol. The Morgan fingerprint density at radius 2 is 1.78 bits per heavy atom. The molecule has 1 amide bonds. The molecule has 0 unspecified atom stereocenters. The van der Waals surface area contributed by atoms with Crippen LogP contribution in [-0.4, -0.2) is 79.0 Å². The molecule has 0 aromatic heterocycles. The minimum atomic E-state index is -5.08. The third-order valence-electron chi connectivity index (χ3n) is 6.21. The summed E-state index contributed by atoms with van der Waals surface area (Å²) in [5, 5.41) is 7.12. The Balaban J connectivity index is 0.000000360. The van der Waals surface area contributed by atoms with Crippen LogP contribution in [0.2, 0.25) is 0 Å². The average molecular weight is 458 g/mol. The van der Waals surface area contributed by atoms with Crippen LogP contribution in [0.1, 0.15) is 24.8 Å². The maximum atomic E-state index is 13.1. The van der Waals surface area contributed by atoms with Gasteiger partial charge in [-0.25, -0.2) is 4.79 Å². The number of methoxy groups -OCH3 is 1. The first-order valence-corrected chi connectivity index (χ1v) is 10.7. The topological polar surface area (TPSA) is 79.3 Å². The smallest absolute Gasteiger partial charge is 0.490 e. The van der Waals surface area contributed by atoms with Crippen molar-refractivity contribution in [1.29, 1.82) is 0 Å². The quantitative estimate of drug-likeness (QED) is 0.748. The van der Waals surface area contributed by atoms with Gasteiger partial charge in [0, 0.05) is 45.2 Å². The lowest BCUT2D eigenvalue weighted by Crippen LogP contribution is -2.52. The number of halogens is 3. The molecule has 0 spiro atoms. The standard InChI is InChI=1S/C20H28N2O3.C2HF3O2/c1-24-16-6-4-15(5-7-16)12-21-13-18(17-8-11-25-19(17)14-21)20(23)22-9-2-3-10-22;3-2(4,5)1(6)7/h4-7,17-19H,2-3,8-14H2,1H3;(H,6,7)/t17-,18-,19+;/m0./s1. The normalized spacial score (nSPS) is 25.6. The third-order valence-corrected chi connectivity index (χ3v) is 6.21. The molecule has 7 nitrogen and oxygen atoms in total. The van der Waals surface area contributed by atoms with Crippen LogP contribution in [0.4, 0.5) is 13.2 Å². The Kier molecular flexibility index (Phi) is 8.00. The molecule has 4 rings (SSSR count). The minimum absolute atomic E-state index is 0.0950. The second-order valence-electron chi connectivity index (χ2n) is 8.35. The first-order valence-electron chi connectivity index (χ1n) is 10.7. The zero-order chi connectivity index (χ0) is 23.3. The molecule has 3 saturated heterocycles. The Morgan fingerprint density at radius 1 is 1.16 bits per heavy atom. The van der Waals surface area contributed by atoms with Gasteiger partial charge in [0.25, 0.3) is 0 Å². The highest BCUT2D eigenvalue weighted by Gasteiger charge is 2.45. The highest BCUT2D eigenvalue weighted by Crippen LogP contribution is 2.36. The van der Waals surface area contributed by atoms with Crippen molar-refractivity contribution in [3.8, 4) is 5.75 Å². The molecule has 3 fully saturated rings. The Labute approximate surface area is 185 Å². The summed E-state index contributed by atoms with van der Waals surface area (Å²) < 4.78 is 42.9. The largest absolute Gasteiger partial charge is 0.497 e. The number of fused-ring (bicyclic) bond motifs is 1. The van der Waals surface area contributed by atoms with Crippen LogP contribution >= 0.6 is 0 Å². The van der Waals surface area contributed by atoms with Crippen LogP contribution in [0.25, 0.3) is 0 Å². The molecule has 32 heavy (non-hydrogen) atoms. The lowest BCUT2D eigenvalue weighted by molar-refractivity contribution is -0.192. The number of amides is 1. The number of ether oxygens (including phenoxy) is 2. The van der Waals surface area contributed by atoms with Gasteiger partial charge in [0.1, 0.15) is 5.75 Å². The molecule has 0 aliphatic carbocycles. The van der Waals surface area contributed by atoms with E-state index in [2.05, 4.69) is 21.9 Å². The van der Waals surface area contributed by atoms with Crippen molar-refractivity contribution in [2.45, 2.75) is 38.1 Å². The van der Waals surface area contributed by atoms with E-state index in [4.69, 9.17) is 19.4 Å². The molecule has 3 aliphatic rings. The molecule has 0 radical (unpaired) electrons. The SMILES string of the molecule is COc1ccc(CN2C[C@H](C(=O)N3CCCC3)[C@@H]3CCO[C@@H]3C2)cc1.O=C(O)C(F)(F)F. The van der Waals surface area contributed by atoms with E-state index in [0.29, 0.717) is 11.8 Å². The summed E-state index contributed by atoms with van der Waals surface area (Å²) in [6, 6.07) is 8.22. The number of benzene rings is 1. The lowest BCUT2D eigenvalue weighted by Gasteiger charge is -2.40. The van der Waals surface area contributed by atoms with Crippen molar-refractivity contribution in [2.75, 3.05) is 39.9 Å². The molecule has 3 atom stereocenters. The number of alkyl halides is 3. The van der Waals surface area contributed by atoms with E-state index < -0.39 is 12.1 Å². The van der Waals surface area contributed by atoms with Crippen molar-refractivity contribution in [2.24, 2.45) is 11.8 Å². The van der Waals surface area contributed by atoms with Gasteiger partial charge in [-0.2, -0.15) is 13.2 Å². The molecule has 0 bridgehead atoms. The summed E-state index contributed by atoms with van der Waals surface area (Å²) in [7, 11) is 1.69. The van der Waals surface area contributed by atoms with Gasteiger partial charge in [0.2, 0.25) is 5.91 Å². The van der Waals surface area contributed by atoms with Crippen molar-refractivity contribution < 1.29 is 37.3 Å². The lowest BCUT2D eigenvalue weighted by atomic mass is 9.81. The number of rotatable bonds is 4. The number of hydrogen-bond acceptors (Lipinski definition) is 5. The van der Waals surface area contributed by atoms with Crippen LogP contribution in [0.5, 0.6) is 5.75 Å². The number of piperidine rings is 1. The molecule has 178 valence electrons. The molecule has 1 aromatic carbocycles. The second-order valence-corrected chi connectivity index (χ2v) is 8.35. The van der Waals surface area contributed by atoms with E-state index in [1.165, 1.54) is 5.56 Å². The maximum absolute atomic E-state index is 13.1. The highest BCUT2D eigenvalue weighted by molar-refractivity contribution is 5.80. The van der Waals surface area contributed by atoms with Gasteiger partial charge >= 0.3 is 12.1 Å². The van der Waals surface area contributed by atoms with Gasteiger partial charge in [-0.3, -0.25) is 9.69 Å². The maximum Gasteiger partial charge on any atom is 0.490 e. The average Bonchev–Trinajstić information content (AvgIpc) is 3.45. The molecule has 0 saturated carbocycles. The summed E-state index contributed by atoms with van der Waals surface area (Å²) >= 11 is 0. The van der Waals surface area contributed by atoms with Crippen LogP contribution in [0, 0.1) is 11.8 Å². The monoisotopic (exact) mass is 458 g/mol. The van der Waals surface area contributed by atoms with Gasteiger partial charge in [-0.1, -0.05) is 12.1 Å². The zero-order valence-electron chi connectivity index (χ0n) is 18.0. The zero-order valence-corrected chi connectivity index (χ0v) is 18.0. The van der Waals surface area contributed by atoms with Crippen LogP contribution < -0.4 is 4.74 Å². The minimum Gasteiger partial charge on any atom is -0.497 e. The van der Waals surface area contributed by atoms with Gasteiger partial charge in [0.05, 0.1) is 19.1 Å². The van der Waals surface area contributed by atoms with Crippen molar-refractivity contribution in [3.63, 3.8) is 0 Å². The first-order chi connectivity index (χ1) is 15.2. The number of carbonyl (C=O) groups excluding carboxylic acids is 1. The van der Waals surface area contributed by atoms with Gasteiger partial charge in [0.15, 0.2) is 0 Å². The number of carbonyl (C=O) groups is 2. The first kappa shape index (κ1) is 24.3. The Bertz CT molecular complexity index is 781. The molecule has 3 aliphatic heterocycles. The number of hydrogen-bond donors (Lipinski definition) is 1. The molecule has 1 aromatic rings. The summed E-state index contributed by atoms with van der Waals surface area (Å²) in [6.45, 7) is 5.32. The molecule has 3 heterocycles. The fourth-order valence-electron chi connectivity index (χ4n) is 4.61. The van der Waals surface area contributed by atoms with E-state index in [-0.39, 0.29) is 12.0 Å². The number of carboxylic acid groups (broad SMARTS) is 1. The van der Waals surface area contributed by atoms with Crippen molar-refractivity contribution >= 4 is 11.9 Å². The predicted molar refractivity (Wildman–Crippen MR) is 109 cm³/mol. The van der Waals surface area contributed by atoms with Gasteiger partial charge in [-0.05, 0) is 37.0 Å². The summed E-state index contributed by atoms with van der Waals surface area (Å²) in [5.74, 6) is -1.02. The van der Waals surface area contributed by atoms with Crippen LogP contribution in [0.15, 0.2) is 24.3 Å². The van der Waals surface area contributed by atoms with E-state index >= 15 is 0 Å². The van der Waals surface area contributed by atoms with Crippen LogP contribution in [-0.2, 0) is 20.9 Å². The molecular formula is C22H29F3N2O5. The van der Waals surface area contributed by atoms with Crippen LogP contribution in [0.3, 0.4) is 0 Å². The molecule has 1 N–H and O–H groups in total. The number of carboxylic acids is 1. The van der Waals surface area contributed by atoms with Crippen molar-refractivity contribution in [1.82, 2.24) is 9.80 Å². The van der Waals surface area contributed by atoms with E-state index in [1.54, 1.807) is 7.11 Å². The Morgan fingerprint density at radius 3 is 2.34 bits per heavy atom. The highest BCUT2D eigenvalue weighted by atomic mass is 19.4. The predicted octanol–water partition coefficient (Wildman–Crippen LogP) is 2.79. The summed E-state index contributed by atoms with van der Waals surface area (Å²) in [5.41, 5.74) is 1.25. The molecule has 10 heteroatoms. The van der Waals surface area contributed by atoms with E-state index in [0.717, 1.165) is 64.3 Å². The fourth-order valence-corrected chi connectivity index (χ4v) is 4.61. The van der Waals surface area contributed by atoms with Crippen molar-refractivity contribution in [3.05, 3.63) is 29.8 Å². The van der Waals surface area contributed by atoms with E-state index in [1.807, 2.05) is 12.1 Å². The van der Waals surface area contributed by atoms with Gasteiger partial charge in [-0.15, -0.1) is 0 Å². The second kappa shape index (κ2) is 10.5. The summed E-state index contributed by atoms with van der Waals surface area (Å²) in [6.07, 6.45) is -1.54. The third kappa shape index (κ3) is 6.13. The Hall–Kier alpha value is -2.33. The van der Waals surface area contributed by atoms with Gasteiger partial charge < -0.3 is 19.5 Å². The summed E-state index contributed by atoms with van der Waals surface area (Å²) in [4.78, 5) is 26.4. The fraction of sp³-hybridized carbons (Fsp3) is 0.636. The number of aliphatic carboxylic acids is 1.